The number of carboxylic acid groups (broad SMARTS) is 1. The maximum Gasteiger partial charge on any atom is 0.335 e. The molecule has 0 aliphatic rings. The number of carboxylic acids is 1. The van der Waals surface area contributed by atoms with E-state index in [0.29, 0.717) is 5.56 Å². The first-order valence-corrected chi connectivity index (χ1v) is 3.33. The highest BCUT2D eigenvalue weighted by Gasteiger charge is 2.05. The summed E-state index contributed by atoms with van der Waals surface area (Å²) in [5.74, 6) is -0.875. The van der Waals surface area contributed by atoms with Gasteiger partial charge in [0.25, 0.3) is 0 Å². The van der Waals surface area contributed by atoms with Crippen LogP contribution >= 0.6 is 0 Å². The summed E-state index contributed by atoms with van der Waals surface area (Å²) >= 11 is 0. The normalized spacial score (nSPS) is 9.64. The fraction of sp³-hybridized carbons (Fsp3) is 0.222. The molecule has 0 aromatic heterocycles. The molecule has 0 atom stereocenters. The molecule has 0 saturated heterocycles. The van der Waals surface area contributed by atoms with E-state index in [1.165, 1.54) is 0 Å². The molecule has 1 radical (unpaired) electrons. The van der Waals surface area contributed by atoms with Crippen molar-refractivity contribution in [2.45, 2.75) is 13.8 Å². The Kier molecular flexibility index (Phi) is 1.94. The van der Waals surface area contributed by atoms with Gasteiger partial charge < -0.3 is 5.11 Å². The molecule has 2 nitrogen and oxygen atoms in total. The largest absolute Gasteiger partial charge is 0.478 e. The van der Waals surface area contributed by atoms with Crippen molar-refractivity contribution in [3.8, 4) is 0 Å². The highest BCUT2D eigenvalue weighted by atomic mass is 16.4. The molecule has 57 valence electrons. The van der Waals surface area contributed by atoms with Gasteiger partial charge in [-0.25, -0.2) is 4.79 Å². The second-order valence-corrected chi connectivity index (χ2v) is 2.52. The van der Waals surface area contributed by atoms with Gasteiger partial charge in [-0.05, 0) is 37.1 Å². The van der Waals surface area contributed by atoms with Gasteiger partial charge >= 0.3 is 5.97 Å². The maximum atomic E-state index is 10.6. The molecule has 1 rings (SSSR count). The number of benzene rings is 1. The number of carbonyl (C=O) groups is 1. The lowest BCUT2D eigenvalue weighted by molar-refractivity contribution is 0.0696. The molecule has 0 saturated carbocycles. The molecular weight excluding hydrogens is 140 g/mol. The van der Waals surface area contributed by atoms with Crippen LogP contribution in [0.2, 0.25) is 0 Å². The van der Waals surface area contributed by atoms with Crippen LogP contribution in [0.3, 0.4) is 0 Å². The zero-order valence-electron chi connectivity index (χ0n) is 6.51. The van der Waals surface area contributed by atoms with Crippen molar-refractivity contribution >= 4 is 5.97 Å². The number of rotatable bonds is 1. The molecule has 1 N–H and O–H groups in total. The number of aromatic carboxylic acids is 1. The third-order valence-corrected chi connectivity index (χ3v) is 1.53. The summed E-state index contributed by atoms with van der Waals surface area (Å²) < 4.78 is 0. The number of hydrogen-bond donors (Lipinski definition) is 1. The van der Waals surface area contributed by atoms with Crippen molar-refractivity contribution < 1.29 is 9.90 Å². The Bertz CT molecular complexity index is 290. The predicted molar refractivity (Wildman–Crippen MR) is 41.7 cm³/mol. The molecular formula is C9H9O2. The Hall–Kier alpha value is -1.31. The second kappa shape index (κ2) is 2.74. The van der Waals surface area contributed by atoms with Crippen LogP contribution in [-0.4, -0.2) is 11.1 Å². The van der Waals surface area contributed by atoms with Crippen molar-refractivity contribution in [3.05, 3.63) is 34.9 Å². The van der Waals surface area contributed by atoms with Crippen molar-refractivity contribution in [2.24, 2.45) is 0 Å². The fourth-order valence-corrected chi connectivity index (χ4v) is 0.902. The first kappa shape index (κ1) is 7.79. The van der Waals surface area contributed by atoms with Gasteiger partial charge in [0.2, 0.25) is 0 Å². The topological polar surface area (TPSA) is 37.3 Å². The molecule has 11 heavy (non-hydrogen) atoms. The van der Waals surface area contributed by atoms with Gasteiger partial charge in [0.1, 0.15) is 0 Å². The van der Waals surface area contributed by atoms with Gasteiger partial charge in [-0.2, -0.15) is 0 Å². The van der Waals surface area contributed by atoms with Crippen molar-refractivity contribution in [1.29, 1.82) is 0 Å². The maximum absolute atomic E-state index is 10.6. The summed E-state index contributed by atoms with van der Waals surface area (Å²) in [6.45, 7) is 3.59. The van der Waals surface area contributed by atoms with Crippen molar-refractivity contribution in [3.63, 3.8) is 0 Å². The molecule has 0 aliphatic heterocycles. The molecule has 0 aliphatic carbocycles. The minimum absolute atomic E-state index is 0.362. The lowest BCUT2D eigenvalue weighted by Gasteiger charge is -1.99. The Morgan fingerprint density at radius 1 is 1.55 bits per heavy atom. The van der Waals surface area contributed by atoms with Gasteiger partial charge in [0, 0.05) is 0 Å². The Morgan fingerprint density at radius 2 is 2.18 bits per heavy atom. The highest BCUT2D eigenvalue weighted by Crippen LogP contribution is 2.09. The molecule has 1 aromatic carbocycles. The van der Waals surface area contributed by atoms with E-state index >= 15 is 0 Å². The smallest absolute Gasteiger partial charge is 0.335 e. The van der Waals surface area contributed by atoms with Gasteiger partial charge in [-0.1, -0.05) is 6.07 Å². The Morgan fingerprint density at radius 3 is 2.64 bits per heavy atom. The average molecular weight is 149 g/mol. The number of hydrogen-bond acceptors (Lipinski definition) is 1. The lowest BCUT2D eigenvalue weighted by Crippen LogP contribution is -1.99. The monoisotopic (exact) mass is 149 g/mol. The van der Waals surface area contributed by atoms with E-state index in [1.807, 2.05) is 6.92 Å². The van der Waals surface area contributed by atoms with Crippen LogP contribution < -0.4 is 0 Å². The summed E-state index contributed by atoms with van der Waals surface area (Å²) in [7, 11) is 0. The summed E-state index contributed by atoms with van der Waals surface area (Å²) in [5.41, 5.74) is 1.97. The van der Waals surface area contributed by atoms with E-state index in [-0.39, 0.29) is 0 Å². The predicted octanol–water partition coefficient (Wildman–Crippen LogP) is 1.80. The van der Waals surface area contributed by atoms with Crippen LogP contribution in [0.1, 0.15) is 21.5 Å². The molecule has 0 fully saturated rings. The quantitative estimate of drug-likeness (QED) is 0.661. The molecule has 0 bridgehead atoms. The van der Waals surface area contributed by atoms with Crippen molar-refractivity contribution in [1.82, 2.24) is 0 Å². The van der Waals surface area contributed by atoms with Gasteiger partial charge in [-0.15, -0.1) is 0 Å². The lowest BCUT2D eigenvalue weighted by atomic mass is 10.1. The van der Waals surface area contributed by atoms with Crippen molar-refractivity contribution in [2.75, 3.05) is 0 Å². The SMILES string of the molecule is Cc1[c]cc(C)c(C(=O)O)c1. The van der Waals surface area contributed by atoms with Crippen LogP contribution in [0, 0.1) is 19.9 Å². The Balaban J connectivity index is 3.23. The van der Waals surface area contributed by atoms with E-state index in [4.69, 9.17) is 5.11 Å². The minimum atomic E-state index is -0.875. The molecule has 1 aromatic rings. The van der Waals surface area contributed by atoms with E-state index in [9.17, 15) is 4.79 Å². The first-order valence-electron chi connectivity index (χ1n) is 3.33. The van der Waals surface area contributed by atoms with Crippen LogP contribution in [0.4, 0.5) is 0 Å². The van der Waals surface area contributed by atoms with Gasteiger partial charge in [-0.3, -0.25) is 0 Å². The third kappa shape index (κ3) is 1.58. The highest BCUT2D eigenvalue weighted by molar-refractivity contribution is 5.89. The first-order chi connectivity index (χ1) is 5.11. The Labute approximate surface area is 65.5 Å². The molecule has 0 heterocycles. The van der Waals surface area contributed by atoms with Crippen LogP contribution in [-0.2, 0) is 0 Å². The summed E-state index contributed by atoms with van der Waals surface area (Å²) in [4.78, 5) is 10.6. The van der Waals surface area contributed by atoms with Gasteiger partial charge in [0.15, 0.2) is 0 Å². The second-order valence-electron chi connectivity index (χ2n) is 2.52. The average Bonchev–Trinajstić information content (AvgIpc) is 1.94. The minimum Gasteiger partial charge on any atom is -0.478 e. The summed E-state index contributed by atoms with van der Waals surface area (Å²) in [6.07, 6.45) is 0. The fourth-order valence-electron chi connectivity index (χ4n) is 0.902. The third-order valence-electron chi connectivity index (χ3n) is 1.53. The van der Waals surface area contributed by atoms with E-state index in [2.05, 4.69) is 6.07 Å². The van der Waals surface area contributed by atoms with Gasteiger partial charge in [0.05, 0.1) is 5.56 Å². The zero-order chi connectivity index (χ0) is 8.43. The molecule has 0 amide bonds. The van der Waals surface area contributed by atoms with Crippen LogP contribution in [0.15, 0.2) is 12.1 Å². The van der Waals surface area contributed by atoms with E-state index < -0.39 is 5.97 Å². The molecule has 2 heteroatoms. The zero-order valence-corrected chi connectivity index (χ0v) is 6.51. The molecule has 0 unspecified atom stereocenters. The van der Waals surface area contributed by atoms with Crippen LogP contribution in [0.25, 0.3) is 0 Å². The molecule has 0 spiro atoms. The van der Waals surface area contributed by atoms with E-state index in [0.717, 1.165) is 11.1 Å². The van der Waals surface area contributed by atoms with E-state index in [1.54, 1.807) is 19.1 Å². The van der Waals surface area contributed by atoms with Crippen LogP contribution in [0.5, 0.6) is 0 Å². The standard InChI is InChI=1S/C9H9O2/c1-6-3-4-7(2)8(5-6)9(10)11/h4-5H,1-2H3,(H,10,11). The number of aryl methyl sites for hydroxylation is 2. The summed E-state index contributed by atoms with van der Waals surface area (Å²) in [6, 6.07) is 6.25. The summed E-state index contributed by atoms with van der Waals surface area (Å²) in [5, 5.41) is 8.68.